The highest BCUT2D eigenvalue weighted by atomic mass is 79.9. The molecule has 1 aromatic carbocycles. The van der Waals surface area contributed by atoms with Crippen molar-refractivity contribution in [2.45, 2.75) is 38.1 Å². The van der Waals surface area contributed by atoms with Crippen LogP contribution < -0.4 is 10.6 Å². The second-order valence-corrected chi connectivity index (χ2v) is 6.95. The van der Waals surface area contributed by atoms with Gasteiger partial charge in [-0.05, 0) is 53.2 Å². The number of nitrogens with two attached hydrogens (primary N) is 1. The summed E-state index contributed by atoms with van der Waals surface area (Å²) in [4.78, 5) is 2.46. The van der Waals surface area contributed by atoms with Gasteiger partial charge in [-0.2, -0.15) is 0 Å². The highest BCUT2D eigenvalue weighted by Gasteiger charge is 2.37. The van der Waals surface area contributed by atoms with Gasteiger partial charge in [-0.1, -0.05) is 25.1 Å². The second-order valence-electron chi connectivity index (χ2n) is 5.72. The minimum absolute atomic E-state index is 0.222. The van der Waals surface area contributed by atoms with Gasteiger partial charge in [0, 0.05) is 18.2 Å². The number of hydrogen-bond acceptors (Lipinski definition) is 2. The molecule has 1 aromatic rings. The van der Waals surface area contributed by atoms with Gasteiger partial charge in [0.25, 0.3) is 0 Å². The summed E-state index contributed by atoms with van der Waals surface area (Å²) in [7, 11) is 0. The van der Waals surface area contributed by atoms with E-state index < -0.39 is 0 Å². The van der Waals surface area contributed by atoms with Crippen molar-refractivity contribution in [3.05, 3.63) is 28.0 Å². The lowest BCUT2D eigenvalue weighted by atomic mass is 9.85. The number of benzene rings is 1. The number of rotatable bonds is 2. The first-order valence-corrected chi connectivity index (χ1v) is 8.34. The summed E-state index contributed by atoms with van der Waals surface area (Å²) in [6.07, 6.45) is 6.22. The summed E-state index contributed by atoms with van der Waals surface area (Å²) in [5, 5.41) is 0. The Morgan fingerprint density at radius 3 is 2.80 bits per heavy atom. The van der Waals surface area contributed by atoms with Crippen LogP contribution in [0, 0.1) is 11.7 Å². The zero-order chi connectivity index (χ0) is 14.3. The molecule has 1 aliphatic carbocycles. The molecule has 1 aliphatic heterocycles. The third kappa shape index (κ3) is 2.35. The first kappa shape index (κ1) is 14.3. The van der Waals surface area contributed by atoms with Crippen LogP contribution in [0.3, 0.4) is 0 Å². The van der Waals surface area contributed by atoms with E-state index in [0.29, 0.717) is 21.8 Å². The zero-order valence-electron chi connectivity index (χ0n) is 11.2. The van der Waals surface area contributed by atoms with E-state index in [2.05, 4.69) is 20.8 Å². The normalized spacial score (nSPS) is 25.6. The Balaban J connectivity index is 1.95. The molecule has 1 saturated heterocycles. The van der Waals surface area contributed by atoms with Gasteiger partial charge in [0.05, 0.1) is 10.2 Å². The van der Waals surface area contributed by atoms with Gasteiger partial charge in [0.1, 0.15) is 4.99 Å². The summed E-state index contributed by atoms with van der Waals surface area (Å²) >= 11 is 8.24. The smallest absolute Gasteiger partial charge is 0.161 e. The number of fused-ring (bicyclic) bond motifs is 1. The average molecular weight is 357 g/mol. The molecular weight excluding hydrogens is 339 g/mol. The van der Waals surface area contributed by atoms with E-state index in [1.165, 1.54) is 32.1 Å². The summed E-state index contributed by atoms with van der Waals surface area (Å²) in [5.41, 5.74) is 6.87. The van der Waals surface area contributed by atoms with Crippen LogP contribution in [0.25, 0.3) is 0 Å². The van der Waals surface area contributed by atoms with Crippen molar-refractivity contribution in [3.63, 3.8) is 0 Å². The monoisotopic (exact) mass is 356 g/mol. The van der Waals surface area contributed by atoms with E-state index in [9.17, 15) is 4.39 Å². The molecule has 2 atom stereocenters. The van der Waals surface area contributed by atoms with Crippen molar-refractivity contribution in [1.82, 2.24) is 0 Å². The maximum Gasteiger partial charge on any atom is 0.161 e. The van der Waals surface area contributed by atoms with Gasteiger partial charge in [-0.25, -0.2) is 4.39 Å². The van der Waals surface area contributed by atoms with Crippen molar-refractivity contribution in [2.75, 3.05) is 11.4 Å². The molecule has 1 heterocycles. The molecule has 0 amide bonds. The Labute approximate surface area is 132 Å². The quantitative estimate of drug-likeness (QED) is 0.812. The molecule has 3 rings (SSSR count). The van der Waals surface area contributed by atoms with Crippen LogP contribution in [0.2, 0.25) is 0 Å². The molecule has 1 saturated carbocycles. The molecule has 0 bridgehead atoms. The standard InChI is InChI=1S/C15H18BrFN2S/c16-13-10(15(18)20)5-6-12(14(13)17)19-8-7-9-3-1-2-4-11(9)19/h5-6,9,11H,1-4,7-8H2,(H2,18,20). The molecule has 2 fully saturated rings. The topological polar surface area (TPSA) is 29.3 Å². The number of hydrogen-bond donors (Lipinski definition) is 1. The molecule has 2 nitrogen and oxygen atoms in total. The van der Waals surface area contributed by atoms with Gasteiger partial charge < -0.3 is 10.6 Å². The largest absolute Gasteiger partial charge is 0.389 e. The molecule has 2 unspecified atom stereocenters. The molecule has 2 N–H and O–H groups in total. The Kier molecular flexibility index (Phi) is 4.00. The number of anilines is 1. The van der Waals surface area contributed by atoms with Crippen molar-refractivity contribution in [2.24, 2.45) is 11.7 Å². The molecule has 0 spiro atoms. The number of halogens is 2. The maximum absolute atomic E-state index is 14.6. The molecule has 0 radical (unpaired) electrons. The highest BCUT2D eigenvalue weighted by Crippen LogP contribution is 2.41. The Bertz CT molecular complexity index is 549. The fraction of sp³-hybridized carbons (Fsp3) is 0.533. The molecule has 108 valence electrons. The Morgan fingerprint density at radius 2 is 2.05 bits per heavy atom. The lowest BCUT2D eigenvalue weighted by molar-refractivity contribution is 0.341. The van der Waals surface area contributed by atoms with Crippen LogP contribution in [-0.4, -0.2) is 17.6 Å². The van der Waals surface area contributed by atoms with Crippen molar-refractivity contribution in [1.29, 1.82) is 0 Å². The van der Waals surface area contributed by atoms with Gasteiger partial charge in [0.15, 0.2) is 5.82 Å². The summed E-state index contributed by atoms with van der Waals surface area (Å²) in [6, 6.07) is 4.15. The Hall–Kier alpha value is -0.680. The Morgan fingerprint density at radius 1 is 1.30 bits per heavy atom. The van der Waals surface area contributed by atoms with Crippen molar-refractivity contribution >= 4 is 38.8 Å². The molecule has 20 heavy (non-hydrogen) atoms. The minimum atomic E-state index is -0.235. The molecular formula is C15H18BrFN2S. The van der Waals surface area contributed by atoms with E-state index in [4.69, 9.17) is 18.0 Å². The van der Waals surface area contributed by atoms with E-state index in [0.717, 1.165) is 12.5 Å². The lowest BCUT2D eigenvalue weighted by Crippen LogP contribution is -2.35. The van der Waals surface area contributed by atoms with Crippen LogP contribution in [0.1, 0.15) is 37.7 Å². The van der Waals surface area contributed by atoms with Crippen LogP contribution in [0.4, 0.5) is 10.1 Å². The first-order valence-electron chi connectivity index (χ1n) is 7.14. The SMILES string of the molecule is NC(=S)c1ccc(N2CCC3CCCCC32)c(F)c1Br. The highest BCUT2D eigenvalue weighted by molar-refractivity contribution is 9.10. The van der Waals surface area contributed by atoms with E-state index in [1.807, 2.05) is 12.1 Å². The average Bonchev–Trinajstić information content (AvgIpc) is 2.85. The number of nitrogens with zero attached hydrogens (tertiary/aromatic N) is 1. The van der Waals surface area contributed by atoms with Crippen LogP contribution in [0.5, 0.6) is 0 Å². The molecule has 5 heteroatoms. The first-order chi connectivity index (χ1) is 9.59. The summed E-state index contributed by atoms with van der Waals surface area (Å²) < 4.78 is 15.0. The molecule has 0 aromatic heterocycles. The fourth-order valence-electron chi connectivity index (χ4n) is 3.66. The third-order valence-corrected chi connectivity index (χ3v) is 5.64. The molecule has 2 aliphatic rings. The summed E-state index contributed by atoms with van der Waals surface area (Å²) in [6.45, 7) is 0.950. The van der Waals surface area contributed by atoms with Gasteiger partial charge in [-0.15, -0.1) is 0 Å². The van der Waals surface area contributed by atoms with Gasteiger partial charge >= 0.3 is 0 Å². The maximum atomic E-state index is 14.6. The van der Waals surface area contributed by atoms with Crippen LogP contribution >= 0.6 is 28.1 Å². The van der Waals surface area contributed by atoms with Crippen molar-refractivity contribution < 1.29 is 4.39 Å². The van der Waals surface area contributed by atoms with Crippen molar-refractivity contribution in [3.8, 4) is 0 Å². The van der Waals surface area contributed by atoms with Crippen LogP contribution in [0.15, 0.2) is 16.6 Å². The third-order valence-electron chi connectivity index (χ3n) is 4.65. The van der Waals surface area contributed by atoms with E-state index in [-0.39, 0.29) is 10.8 Å². The predicted molar refractivity (Wildman–Crippen MR) is 87.7 cm³/mol. The fourth-order valence-corrected chi connectivity index (χ4v) is 4.51. The van der Waals surface area contributed by atoms with E-state index >= 15 is 0 Å². The van der Waals surface area contributed by atoms with Gasteiger partial charge in [-0.3, -0.25) is 0 Å². The predicted octanol–water partition coefficient (Wildman–Crippen LogP) is 3.99. The second kappa shape index (κ2) is 5.60. The lowest BCUT2D eigenvalue weighted by Gasteiger charge is -2.33. The van der Waals surface area contributed by atoms with E-state index in [1.54, 1.807) is 0 Å². The van der Waals surface area contributed by atoms with Gasteiger partial charge in [0.2, 0.25) is 0 Å². The number of thiocarbonyl (C=S) groups is 1. The van der Waals surface area contributed by atoms with Crippen LogP contribution in [-0.2, 0) is 0 Å². The zero-order valence-corrected chi connectivity index (χ0v) is 13.6. The summed E-state index contributed by atoms with van der Waals surface area (Å²) in [5.74, 6) is 0.499. The minimum Gasteiger partial charge on any atom is -0.389 e.